The van der Waals surface area contributed by atoms with Crippen LogP contribution in [0.15, 0.2) is 60.7 Å². The number of fused-ring (bicyclic) bond motifs is 2. The van der Waals surface area contributed by atoms with Crippen molar-refractivity contribution in [3.8, 4) is 11.5 Å². The van der Waals surface area contributed by atoms with E-state index in [-0.39, 0.29) is 11.0 Å². The fourth-order valence-corrected chi connectivity index (χ4v) is 4.58. The van der Waals surface area contributed by atoms with E-state index in [4.69, 9.17) is 21.7 Å². The van der Waals surface area contributed by atoms with E-state index in [1.165, 1.54) is 4.90 Å². The Hall–Kier alpha value is -3.52. The lowest BCUT2D eigenvalue weighted by atomic mass is 9.69. The lowest BCUT2D eigenvalue weighted by molar-refractivity contribution is -0.485. The topological polar surface area (TPSA) is 81.9 Å². The maximum atomic E-state index is 13.6. The molecule has 8 heteroatoms. The Kier molecular flexibility index (Phi) is 5.56. The molecular formula is C24H22N2O5S. The number of benzene rings is 3. The van der Waals surface area contributed by atoms with Crippen molar-refractivity contribution < 1.29 is 19.2 Å². The number of thiocarbonyl (C=S) groups is 1. The Balaban J connectivity index is 1.82. The average molecular weight is 451 g/mol. The molecule has 0 spiro atoms. The molecule has 0 aromatic heterocycles. The second kappa shape index (κ2) is 8.20. The highest BCUT2D eigenvalue weighted by molar-refractivity contribution is 7.80. The number of anilines is 1. The second-order valence-electron chi connectivity index (χ2n) is 7.96. The summed E-state index contributed by atoms with van der Waals surface area (Å²) < 4.78 is 11.0. The maximum absolute atomic E-state index is 13.6. The predicted octanol–water partition coefficient (Wildman–Crippen LogP) is 4.60. The molecule has 0 bridgehead atoms. The average Bonchev–Trinajstić information content (AvgIpc) is 2.79. The van der Waals surface area contributed by atoms with Crippen molar-refractivity contribution in [1.29, 1.82) is 0 Å². The predicted molar refractivity (Wildman–Crippen MR) is 126 cm³/mol. The van der Waals surface area contributed by atoms with Crippen molar-refractivity contribution in [2.24, 2.45) is 5.41 Å². The first-order valence-electron chi connectivity index (χ1n) is 10.0. The van der Waals surface area contributed by atoms with Crippen molar-refractivity contribution in [2.75, 3.05) is 25.6 Å². The van der Waals surface area contributed by atoms with Gasteiger partial charge in [0, 0.05) is 17.7 Å². The zero-order chi connectivity index (χ0) is 23.0. The summed E-state index contributed by atoms with van der Waals surface area (Å²) >= 11 is 5.59. The van der Waals surface area contributed by atoms with Gasteiger partial charge in [-0.2, -0.15) is 0 Å². The molecule has 2 atom stereocenters. The second-order valence-corrected chi connectivity index (χ2v) is 8.33. The molecule has 1 heterocycles. The minimum absolute atomic E-state index is 0.00910. The molecular weight excluding hydrogens is 428 g/mol. The van der Waals surface area contributed by atoms with Crippen molar-refractivity contribution in [1.82, 2.24) is 0 Å². The summed E-state index contributed by atoms with van der Waals surface area (Å²) in [6, 6.07) is 18.3. The first-order valence-corrected chi connectivity index (χ1v) is 10.5. The highest BCUT2D eigenvalue weighted by Crippen LogP contribution is 2.49. The third-order valence-corrected chi connectivity index (χ3v) is 6.61. The van der Waals surface area contributed by atoms with Crippen LogP contribution in [-0.2, 0) is 4.79 Å². The van der Waals surface area contributed by atoms with Crippen molar-refractivity contribution in [3.63, 3.8) is 0 Å². The quantitative estimate of drug-likeness (QED) is 0.321. The summed E-state index contributed by atoms with van der Waals surface area (Å²) in [5, 5.41) is 13.5. The Bertz CT molecular complexity index is 1230. The van der Waals surface area contributed by atoms with Crippen LogP contribution < -0.4 is 14.4 Å². The normalized spacial score (nSPS) is 20.0. The Labute approximate surface area is 190 Å². The van der Waals surface area contributed by atoms with Gasteiger partial charge in [0.2, 0.25) is 12.5 Å². The van der Waals surface area contributed by atoms with E-state index in [1.54, 1.807) is 45.3 Å². The SMILES string of the molecule is COc1ccc(OC(=S)[C@]2(C)C(=O)N(C)c3cc4ccccc4cc3[C@@H]2C[N+](=O)[O-])cc1. The van der Waals surface area contributed by atoms with E-state index in [0.717, 1.165) is 10.8 Å². The molecule has 0 unspecified atom stereocenters. The minimum Gasteiger partial charge on any atom is -0.497 e. The van der Waals surface area contributed by atoms with Gasteiger partial charge in [-0.25, -0.2) is 0 Å². The minimum atomic E-state index is -1.41. The van der Waals surface area contributed by atoms with E-state index in [9.17, 15) is 14.9 Å². The largest absolute Gasteiger partial charge is 0.497 e. The van der Waals surface area contributed by atoms with Crippen molar-refractivity contribution in [2.45, 2.75) is 12.8 Å². The summed E-state index contributed by atoms with van der Waals surface area (Å²) in [5.41, 5.74) is -0.0667. The van der Waals surface area contributed by atoms with E-state index in [1.807, 2.05) is 36.4 Å². The monoisotopic (exact) mass is 450 g/mol. The molecule has 1 amide bonds. The molecule has 32 heavy (non-hydrogen) atoms. The Morgan fingerprint density at radius 2 is 1.72 bits per heavy atom. The molecule has 4 rings (SSSR count). The van der Waals surface area contributed by atoms with Crippen LogP contribution in [0, 0.1) is 15.5 Å². The molecule has 0 aliphatic carbocycles. The van der Waals surface area contributed by atoms with Gasteiger partial charge in [-0.05, 0) is 71.9 Å². The summed E-state index contributed by atoms with van der Waals surface area (Å²) in [6.45, 7) is 1.18. The number of carbonyl (C=O) groups excluding carboxylic acids is 1. The van der Waals surface area contributed by atoms with E-state index >= 15 is 0 Å². The molecule has 0 saturated heterocycles. The van der Waals surface area contributed by atoms with Gasteiger partial charge in [-0.15, -0.1) is 0 Å². The number of nitrogens with zero attached hydrogens (tertiary/aromatic N) is 2. The zero-order valence-corrected chi connectivity index (χ0v) is 18.7. The molecule has 0 saturated carbocycles. The van der Waals surface area contributed by atoms with Crippen LogP contribution in [0.3, 0.4) is 0 Å². The fraction of sp³-hybridized carbons (Fsp3) is 0.250. The van der Waals surface area contributed by atoms with E-state index < -0.39 is 22.8 Å². The molecule has 164 valence electrons. The van der Waals surface area contributed by atoms with Gasteiger partial charge in [0.25, 0.3) is 0 Å². The maximum Gasteiger partial charge on any atom is 0.242 e. The molecule has 7 nitrogen and oxygen atoms in total. The van der Waals surface area contributed by atoms with Crippen LogP contribution in [0.5, 0.6) is 11.5 Å². The zero-order valence-electron chi connectivity index (χ0n) is 17.9. The van der Waals surface area contributed by atoms with E-state index in [2.05, 4.69) is 0 Å². The molecule has 0 fully saturated rings. The van der Waals surface area contributed by atoms with Crippen LogP contribution in [0.25, 0.3) is 10.8 Å². The van der Waals surface area contributed by atoms with Gasteiger partial charge in [0.1, 0.15) is 16.9 Å². The van der Waals surface area contributed by atoms with Gasteiger partial charge < -0.3 is 14.4 Å². The molecule has 0 radical (unpaired) electrons. The molecule has 1 aliphatic rings. The molecule has 1 aliphatic heterocycles. The summed E-state index contributed by atoms with van der Waals surface area (Å²) in [6.07, 6.45) is 0. The number of amides is 1. The highest BCUT2D eigenvalue weighted by Gasteiger charge is 2.55. The van der Waals surface area contributed by atoms with Gasteiger partial charge >= 0.3 is 0 Å². The molecule has 0 N–H and O–H groups in total. The van der Waals surface area contributed by atoms with Crippen LogP contribution in [-0.4, -0.2) is 36.6 Å². The third-order valence-electron chi connectivity index (χ3n) is 6.10. The van der Waals surface area contributed by atoms with Gasteiger partial charge in [-0.1, -0.05) is 24.3 Å². The number of nitro groups is 1. The number of rotatable bonds is 5. The van der Waals surface area contributed by atoms with Crippen LogP contribution in [0.1, 0.15) is 18.4 Å². The van der Waals surface area contributed by atoms with Crippen LogP contribution in [0.2, 0.25) is 0 Å². The number of ether oxygens (including phenoxy) is 2. The first kappa shape index (κ1) is 21.7. The van der Waals surface area contributed by atoms with Crippen molar-refractivity contribution in [3.05, 3.63) is 76.3 Å². The number of hydrogen-bond acceptors (Lipinski definition) is 6. The fourth-order valence-electron chi connectivity index (χ4n) is 4.25. The van der Waals surface area contributed by atoms with Gasteiger partial charge in [0.05, 0.1) is 13.0 Å². The summed E-state index contributed by atoms with van der Waals surface area (Å²) in [5.74, 6) is -0.0520. The lowest BCUT2D eigenvalue weighted by Crippen LogP contribution is -2.55. The van der Waals surface area contributed by atoms with Gasteiger partial charge in [0.15, 0.2) is 5.05 Å². The molecule has 3 aromatic rings. The van der Waals surface area contributed by atoms with Gasteiger partial charge in [-0.3, -0.25) is 14.9 Å². The van der Waals surface area contributed by atoms with E-state index in [0.29, 0.717) is 22.7 Å². The Morgan fingerprint density at radius 1 is 1.12 bits per heavy atom. The van der Waals surface area contributed by atoms with Crippen LogP contribution in [0.4, 0.5) is 5.69 Å². The molecule has 3 aromatic carbocycles. The highest BCUT2D eigenvalue weighted by atomic mass is 32.1. The summed E-state index contributed by atoms with van der Waals surface area (Å²) in [7, 11) is 3.22. The standard InChI is InChI=1S/C24H22N2O5S/c1-24(23(32)31-18-10-8-17(30-3)9-11-18)20(14-26(28)29)19-12-15-6-4-5-7-16(15)13-21(19)25(2)22(24)27/h4-13,20H,14H2,1-3H3/t20-,24-/m0/s1. The lowest BCUT2D eigenvalue weighted by Gasteiger charge is -2.43. The first-order chi connectivity index (χ1) is 15.3. The number of methoxy groups -OCH3 is 1. The van der Waals surface area contributed by atoms with Crippen LogP contribution >= 0.6 is 12.2 Å². The Morgan fingerprint density at radius 3 is 2.31 bits per heavy atom. The smallest absolute Gasteiger partial charge is 0.242 e. The third kappa shape index (κ3) is 3.56. The number of carbonyl (C=O) groups is 1. The summed E-state index contributed by atoms with van der Waals surface area (Å²) in [4.78, 5) is 26.3. The number of hydrogen-bond donors (Lipinski definition) is 0. The van der Waals surface area contributed by atoms with Crippen molar-refractivity contribution >= 4 is 39.6 Å².